The predicted molar refractivity (Wildman–Crippen MR) is 159 cm³/mol. The van der Waals surface area contributed by atoms with Gasteiger partial charge in [0.25, 0.3) is 0 Å². The van der Waals surface area contributed by atoms with Gasteiger partial charge >= 0.3 is 5.97 Å². The molecule has 0 saturated heterocycles. The molecule has 0 amide bonds. The zero-order valence-electron chi connectivity index (χ0n) is 25.2. The molecule has 0 spiro atoms. The number of hydrogen-bond donors (Lipinski definition) is 1. The molecule has 0 bridgehead atoms. The highest BCUT2D eigenvalue weighted by molar-refractivity contribution is 5.76. The highest BCUT2D eigenvalue weighted by atomic mass is 16.4. The van der Waals surface area contributed by atoms with Crippen molar-refractivity contribution >= 4 is 5.97 Å². The van der Waals surface area contributed by atoms with E-state index >= 15 is 0 Å². The van der Waals surface area contributed by atoms with Crippen LogP contribution in [0.2, 0.25) is 0 Å². The van der Waals surface area contributed by atoms with E-state index in [1.54, 1.807) is 0 Å². The van der Waals surface area contributed by atoms with Gasteiger partial charge in [0.2, 0.25) is 0 Å². The molecule has 3 aliphatic rings. The maximum absolute atomic E-state index is 13.1. The van der Waals surface area contributed by atoms with E-state index < -0.39 is 11.4 Å². The molecule has 37 heavy (non-hydrogen) atoms. The Morgan fingerprint density at radius 2 is 1.08 bits per heavy atom. The number of carboxylic acid groups (broad SMARTS) is 1. The first-order valence-corrected chi connectivity index (χ1v) is 17.3. The zero-order valence-corrected chi connectivity index (χ0v) is 25.2. The molecule has 0 aromatic rings. The van der Waals surface area contributed by atoms with Crippen LogP contribution in [0.15, 0.2) is 0 Å². The van der Waals surface area contributed by atoms with Crippen LogP contribution in [-0.4, -0.2) is 11.1 Å². The van der Waals surface area contributed by atoms with Crippen molar-refractivity contribution in [2.75, 3.05) is 0 Å². The number of rotatable bonds is 17. The third-order valence-electron chi connectivity index (χ3n) is 11.8. The number of unbranched alkanes of at least 4 members (excludes halogenated alkanes) is 10. The molecule has 0 unspecified atom stereocenters. The lowest BCUT2D eigenvalue weighted by Crippen LogP contribution is -2.53. The van der Waals surface area contributed by atoms with Crippen LogP contribution in [-0.2, 0) is 4.79 Å². The lowest BCUT2D eigenvalue weighted by Gasteiger charge is -2.58. The monoisotopic (exact) mass is 516 g/mol. The minimum Gasteiger partial charge on any atom is -0.481 e. The second kappa shape index (κ2) is 15.9. The quantitative estimate of drug-likeness (QED) is 0.195. The van der Waals surface area contributed by atoms with E-state index in [2.05, 4.69) is 13.8 Å². The van der Waals surface area contributed by atoms with Crippen LogP contribution < -0.4 is 0 Å². The zero-order chi connectivity index (χ0) is 26.5. The molecule has 0 aliphatic heterocycles. The van der Waals surface area contributed by atoms with Crippen molar-refractivity contribution in [2.24, 2.45) is 22.2 Å². The van der Waals surface area contributed by atoms with Crippen LogP contribution in [0.4, 0.5) is 0 Å². The molecular weight excluding hydrogens is 452 g/mol. The normalized spacial score (nSPS) is 28.8. The Labute approximate surface area is 231 Å². The van der Waals surface area contributed by atoms with Gasteiger partial charge in [0, 0.05) is 0 Å². The minimum absolute atomic E-state index is 0.0588. The predicted octanol–water partition coefficient (Wildman–Crippen LogP) is 11.6. The van der Waals surface area contributed by atoms with Crippen LogP contribution >= 0.6 is 0 Å². The standard InChI is InChI=1S/C35H64O2/c1-3-5-7-9-11-17-23-33(31-21-15-13-16-22-31)27-29-34(30-28-33,24-18-12-10-8-6-4-2)35(32(36)37)25-19-14-20-26-35/h31H,3-30H2,1-2H3,(H,36,37). The maximum atomic E-state index is 13.1. The maximum Gasteiger partial charge on any atom is 0.310 e. The highest BCUT2D eigenvalue weighted by Crippen LogP contribution is 2.64. The van der Waals surface area contributed by atoms with Crippen molar-refractivity contribution in [1.82, 2.24) is 0 Å². The van der Waals surface area contributed by atoms with E-state index in [1.165, 1.54) is 154 Å². The number of hydrogen-bond acceptors (Lipinski definition) is 1. The van der Waals surface area contributed by atoms with Crippen molar-refractivity contribution in [2.45, 2.75) is 194 Å². The first-order valence-electron chi connectivity index (χ1n) is 17.3. The molecular formula is C35H64O2. The molecule has 1 N–H and O–H groups in total. The first-order chi connectivity index (χ1) is 18.0. The third kappa shape index (κ3) is 8.00. The molecule has 0 aromatic carbocycles. The summed E-state index contributed by atoms with van der Waals surface area (Å²) in [6.07, 6.45) is 36.6. The molecule has 216 valence electrons. The molecule has 0 aromatic heterocycles. The van der Waals surface area contributed by atoms with Crippen LogP contribution in [0.1, 0.15) is 194 Å². The van der Waals surface area contributed by atoms with E-state index in [0.717, 1.165) is 31.6 Å². The molecule has 0 atom stereocenters. The summed E-state index contributed by atoms with van der Waals surface area (Å²) >= 11 is 0. The molecule has 0 radical (unpaired) electrons. The molecule has 3 aliphatic carbocycles. The van der Waals surface area contributed by atoms with E-state index in [1.807, 2.05) is 0 Å². The summed E-state index contributed by atoms with van der Waals surface area (Å²) in [4.78, 5) is 13.1. The van der Waals surface area contributed by atoms with Crippen LogP contribution in [0.25, 0.3) is 0 Å². The average molecular weight is 517 g/mol. The van der Waals surface area contributed by atoms with Crippen LogP contribution in [0.3, 0.4) is 0 Å². The van der Waals surface area contributed by atoms with Crippen molar-refractivity contribution in [3.63, 3.8) is 0 Å². The largest absolute Gasteiger partial charge is 0.481 e. The van der Waals surface area contributed by atoms with Crippen molar-refractivity contribution in [1.29, 1.82) is 0 Å². The average Bonchev–Trinajstić information content (AvgIpc) is 2.94. The van der Waals surface area contributed by atoms with Gasteiger partial charge in [-0.2, -0.15) is 0 Å². The lowest BCUT2D eigenvalue weighted by atomic mass is 9.46. The van der Waals surface area contributed by atoms with Gasteiger partial charge in [0.15, 0.2) is 0 Å². The van der Waals surface area contributed by atoms with Crippen molar-refractivity contribution in [3.8, 4) is 0 Å². The third-order valence-corrected chi connectivity index (χ3v) is 11.8. The van der Waals surface area contributed by atoms with Gasteiger partial charge in [0.05, 0.1) is 5.41 Å². The Kier molecular flexibility index (Phi) is 13.3. The van der Waals surface area contributed by atoms with Gasteiger partial charge in [-0.15, -0.1) is 0 Å². The van der Waals surface area contributed by atoms with Crippen molar-refractivity contribution in [3.05, 3.63) is 0 Å². The summed E-state index contributed by atoms with van der Waals surface area (Å²) in [6.45, 7) is 4.61. The van der Waals surface area contributed by atoms with Crippen molar-refractivity contribution < 1.29 is 9.90 Å². The Morgan fingerprint density at radius 3 is 1.62 bits per heavy atom. The summed E-state index contributed by atoms with van der Waals surface area (Å²) in [5.74, 6) is 0.482. The Bertz CT molecular complexity index is 617. The Hall–Kier alpha value is -0.530. The van der Waals surface area contributed by atoms with E-state index in [9.17, 15) is 9.90 Å². The molecule has 3 fully saturated rings. The summed E-state index contributed by atoms with van der Waals surface area (Å²) in [5.41, 5.74) is 0.140. The topological polar surface area (TPSA) is 37.3 Å². The van der Waals surface area contributed by atoms with Gasteiger partial charge in [-0.1, -0.05) is 129 Å². The molecule has 3 rings (SSSR count). The second-order valence-corrected chi connectivity index (χ2v) is 14.0. The van der Waals surface area contributed by atoms with E-state index in [0.29, 0.717) is 5.41 Å². The number of carbonyl (C=O) groups is 1. The van der Waals surface area contributed by atoms with Gasteiger partial charge in [-0.05, 0) is 81.0 Å². The smallest absolute Gasteiger partial charge is 0.310 e. The van der Waals surface area contributed by atoms with Crippen LogP contribution in [0.5, 0.6) is 0 Å². The second-order valence-electron chi connectivity index (χ2n) is 14.0. The van der Waals surface area contributed by atoms with E-state index in [4.69, 9.17) is 0 Å². The first kappa shape index (κ1) is 31.0. The summed E-state index contributed by atoms with van der Waals surface area (Å²) in [6, 6.07) is 0. The fourth-order valence-electron chi connectivity index (χ4n) is 9.40. The molecule has 2 heteroatoms. The van der Waals surface area contributed by atoms with Crippen LogP contribution in [0, 0.1) is 22.2 Å². The summed E-state index contributed by atoms with van der Waals surface area (Å²) < 4.78 is 0. The van der Waals surface area contributed by atoms with Gasteiger partial charge < -0.3 is 5.11 Å². The fourth-order valence-corrected chi connectivity index (χ4v) is 9.40. The highest BCUT2D eigenvalue weighted by Gasteiger charge is 2.59. The molecule has 0 heterocycles. The van der Waals surface area contributed by atoms with E-state index in [-0.39, 0.29) is 5.41 Å². The summed E-state index contributed by atoms with van der Waals surface area (Å²) in [5, 5.41) is 10.8. The SMILES string of the molecule is CCCCCCCCC1(C2CCCCC2)CCC(CCCCCCCC)(C2(C(=O)O)CCCCC2)CC1. The lowest BCUT2D eigenvalue weighted by molar-refractivity contribution is -0.171. The van der Waals surface area contributed by atoms with Gasteiger partial charge in [0.1, 0.15) is 0 Å². The molecule has 2 nitrogen and oxygen atoms in total. The minimum atomic E-state index is -0.437. The number of aliphatic carboxylic acids is 1. The fraction of sp³-hybridized carbons (Fsp3) is 0.971. The van der Waals surface area contributed by atoms with Gasteiger partial charge in [-0.3, -0.25) is 4.79 Å². The number of carboxylic acids is 1. The molecule has 3 saturated carbocycles. The van der Waals surface area contributed by atoms with Gasteiger partial charge in [-0.25, -0.2) is 0 Å². The summed E-state index contributed by atoms with van der Waals surface area (Å²) in [7, 11) is 0. The Morgan fingerprint density at radius 1 is 0.595 bits per heavy atom. The Balaban J connectivity index is 1.73.